The van der Waals surface area contributed by atoms with E-state index in [0.29, 0.717) is 19.1 Å². The topological polar surface area (TPSA) is 52.6 Å². The Labute approximate surface area is 206 Å². The maximum absolute atomic E-state index is 12.8. The van der Waals surface area contributed by atoms with Crippen molar-refractivity contribution < 1.29 is 19.1 Å². The van der Waals surface area contributed by atoms with E-state index in [1.54, 1.807) is 0 Å². The van der Waals surface area contributed by atoms with E-state index in [4.69, 9.17) is 9.47 Å². The van der Waals surface area contributed by atoms with Crippen LogP contribution in [0.4, 0.5) is 0 Å². The number of carbonyl (C=O) groups excluding carboxylic acids is 2. The lowest BCUT2D eigenvalue weighted by atomic mass is 9.72. The molecule has 0 saturated heterocycles. The molecule has 4 unspecified atom stereocenters. The Morgan fingerprint density at radius 1 is 0.758 bits per heavy atom. The van der Waals surface area contributed by atoms with Gasteiger partial charge < -0.3 is 9.47 Å². The van der Waals surface area contributed by atoms with Crippen LogP contribution in [0.2, 0.25) is 0 Å². The minimum Gasteiger partial charge on any atom is -0.465 e. The summed E-state index contributed by atoms with van der Waals surface area (Å²) in [5, 5.41) is 0. The number of hydrogen-bond acceptors (Lipinski definition) is 4. The zero-order valence-electron chi connectivity index (χ0n) is 23.1. The maximum atomic E-state index is 12.8. The largest absolute Gasteiger partial charge is 0.465 e. The van der Waals surface area contributed by atoms with Gasteiger partial charge in [0.05, 0.1) is 25.0 Å². The first-order chi connectivity index (χ1) is 15.9. The third kappa shape index (κ3) is 14.7. The van der Waals surface area contributed by atoms with Gasteiger partial charge in [-0.15, -0.1) is 0 Å². The van der Waals surface area contributed by atoms with Crippen LogP contribution in [0.25, 0.3) is 0 Å². The molecule has 4 nitrogen and oxygen atoms in total. The van der Waals surface area contributed by atoms with E-state index in [-0.39, 0.29) is 23.8 Å². The van der Waals surface area contributed by atoms with Crippen LogP contribution >= 0.6 is 0 Å². The van der Waals surface area contributed by atoms with E-state index in [2.05, 4.69) is 34.6 Å². The minimum absolute atomic E-state index is 0.183. The Kier molecular flexibility index (Phi) is 19.7. The van der Waals surface area contributed by atoms with Gasteiger partial charge in [0.25, 0.3) is 0 Å². The molecule has 0 amide bonds. The quantitative estimate of drug-likeness (QED) is 0.169. The first-order valence-corrected chi connectivity index (χ1v) is 14.2. The third-order valence-electron chi connectivity index (χ3n) is 6.84. The van der Waals surface area contributed by atoms with Crippen LogP contribution in [0.3, 0.4) is 0 Å². The highest BCUT2D eigenvalue weighted by molar-refractivity contribution is 5.82. The van der Waals surface area contributed by atoms with Gasteiger partial charge in [-0.1, -0.05) is 99.8 Å². The molecule has 0 aliphatic heterocycles. The monoisotopic (exact) mass is 468 g/mol. The van der Waals surface area contributed by atoms with Gasteiger partial charge in [0, 0.05) is 0 Å². The molecule has 0 aromatic carbocycles. The van der Waals surface area contributed by atoms with Gasteiger partial charge in [-0.3, -0.25) is 9.59 Å². The van der Waals surface area contributed by atoms with Gasteiger partial charge >= 0.3 is 11.9 Å². The van der Waals surface area contributed by atoms with Gasteiger partial charge in [0.15, 0.2) is 0 Å². The van der Waals surface area contributed by atoms with E-state index in [1.165, 1.54) is 32.1 Å². The van der Waals surface area contributed by atoms with E-state index in [1.807, 2.05) is 13.8 Å². The Hall–Kier alpha value is -1.06. The van der Waals surface area contributed by atoms with Gasteiger partial charge in [0.2, 0.25) is 0 Å². The first-order valence-electron chi connectivity index (χ1n) is 14.2. The highest BCUT2D eigenvalue weighted by Crippen LogP contribution is 2.38. The number of hydrogen-bond donors (Lipinski definition) is 0. The summed E-state index contributed by atoms with van der Waals surface area (Å²) in [6.07, 6.45) is 13.9. The van der Waals surface area contributed by atoms with Crippen molar-refractivity contribution in [3.63, 3.8) is 0 Å². The zero-order chi connectivity index (χ0) is 25.1. The third-order valence-corrected chi connectivity index (χ3v) is 6.84. The van der Waals surface area contributed by atoms with Crippen molar-refractivity contribution in [1.82, 2.24) is 0 Å². The van der Waals surface area contributed by atoms with E-state index < -0.39 is 0 Å². The van der Waals surface area contributed by atoms with Gasteiger partial charge in [-0.05, 0) is 49.9 Å². The fourth-order valence-corrected chi connectivity index (χ4v) is 4.68. The zero-order valence-corrected chi connectivity index (χ0v) is 23.1. The number of unbranched alkanes of at least 4 members (excludes halogenated alkanes) is 2. The van der Waals surface area contributed by atoms with E-state index >= 15 is 0 Å². The van der Waals surface area contributed by atoms with Crippen LogP contribution < -0.4 is 0 Å². The second-order valence-electron chi connectivity index (χ2n) is 10.3. The standard InChI is InChI=1S/C27H50O4.C2H6/c1-6-8-18-30-26(28)24-17-16-23(20-25(24)27(29)31-19-9-7-2)15-11-14-22(5)13-10-12-21(3)4;1-2/h21-25H,6-20H2,1-5H3;1-2H3. The maximum Gasteiger partial charge on any atom is 0.309 e. The summed E-state index contributed by atoms with van der Waals surface area (Å²) in [4.78, 5) is 25.4. The fourth-order valence-electron chi connectivity index (χ4n) is 4.68. The van der Waals surface area contributed by atoms with Gasteiger partial charge in [-0.25, -0.2) is 0 Å². The van der Waals surface area contributed by atoms with Crippen LogP contribution in [0.1, 0.15) is 132 Å². The summed E-state index contributed by atoms with van der Waals surface area (Å²) >= 11 is 0. The van der Waals surface area contributed by atoms with Crippen molar-refractivity contribution >= 4 is 11.9 Å². The smallest absolute Gasteiger partial charge is 0.309 e. The predicted octanol–water partition coefficient (Wildman–Crippen LogP) is 8.36. The molecule has 0 aromatic heterocycles. The van der Waals surface area contributed by atoms with Gasteiger partial charge in [0.1, 0.15) is 0 Å². The molecule has 1 saturated carbocycles. The Morgan fingerprint density at radius 2 is 1.30 bits per heavy atom. The van der Waals surface area contributed by atoms with E-state index in [0.717, 1.165) is 63.2 Å². The number of carbonyl (C=O) groups is 2. The molecule has 1 rings (SSSR count). The molecule has 0 spiro atoms. The average Bonchev–Trinajstić information content (AvgIpc) is 2.80. The van der Waals surface area contributed by atoms with Crippen LogP contribution in [-0.4, -0.2) is 25.2 Å². The minimum atomic E-state index is -0.326. The molecule has 4 heteroatoms. The molecule has 0 aromatic rings. The molecule has 33 heavy (non-hydrogen) atoms. The van der Waals surface area contributed by atoms with Crippen LogP contribution in [0, 0.1) is 29.6 Å². The normalized spacial score (nSPS) is 21.2. The first kappa shape index (κ1) is 31.9. The lowest BCUT2D eigenvalue weighted by Crippen LogP contribution is -2.38. The molecule has 4 atom stereocenters. The molecule has 0 N–H and O–H groups in total. The molecule has 1 fully saturated rings. The molecule has 0 heterocycles. The summed E-state index contributed by atoms with van der Waals surface area (Å²) in [6.45, 7) is 16.1. The summed E-state index contributed by atoms with van der Waals surface area (Å²) in [5.74, 6) is 1.07. The van der Waals surface area contributed by atoms with Crippen molar-refractivity contribution in [2.24, 2.45) is 29.6 Å². The Morgan fingerprint density at radius 3 is 1.85 bits per heavy atom. The number of rotatable bonds is 16. The Balaban J connectivity index is 0.00000497. The summed E-state index contributed by atoms with van der Waals surface area (Å²) in [6, 6.07) is 0. The molecule has 1 aliphatic carbocycles. The fraction of sp³-hybridized carbons (Fsp3) is 0.931. The molecule has 0 radical (unpaired) electrons. The van der Waals surface area contributed by atoms with Crippen molar-refractivity contribution in [1.29, 1.82) is 0 Å². The highest BCUT2D eigenvalue weighted by atomic mass is 16.5. The summed E-state index contributed by atoms with van der Waals surface area (Å²) < 4.78 is 11.0. The van der Waals surface area contributed by atoms with Crippen LogP contribution in [0.15, 0.2) is 0 Å². The van der Waals surface area contributed by atoms with E-state index in [9.17, 15) is 9.59 Å². The lowest BCUT2D eigenvalue weighted by molar-refractivity contribution is -0.164. The highest BCUT2D eigenvalue weighted by Gasteiger charge is 2.40. The van der Waals surface area contributed by atoms with Crippen molar-refractivity contribution in [2.75, 3.05) is 13.2 Å². The molecular weight excluding hydrogens is 412 g/mol. The van der Waals surface area contributed by atoms with Crippen molar-refractivity contribution in [3.05, 3.63) is 0 Å². The average molecular weight is 469 g/mol. The van der Waals surface area contributed by atoms with Crippen LogP contribution in [0.5, 0.6) is 0 Å². The van der Waals surface area contributed by atoms with Crippen molar-refractivity contribution in [3.8, 4) is 0 Å². The number of ether oxygens (including phenoxy) is 2. The molecule has 1 aliphatic rings. The second-order valence-corrected chi connectivity index (χ2v) is 10.3. The summed E-state index contributed by atoms with van der Waals surface area (Å²) in [5.41, 5.74) is 0. The lowest BCUT2D eigenvalue weighted by Gasteiger charge is -2.33. The molecule has 196 valence electrons. The second kappa shape index (κ2) is 20.3. The molecular formula is C29H56O4. The predicted molar refractivity (Wildman–Crippen MR) is 139 cm³/mol. The summed E-state index contributed by atoms with van der Waals surface area (Å²) in [7, 11) is 0. The molecule has 0 bridgehead atoms. The SMILES string of the molecule is CC.CCCCOC(=O)C1CCC(CCCC(C)CCCC(C)C)CC1C(=O)OCCCC. The number of esters is 2. The van der Waals surface area contributed by atoms with Crippen LogP contribution in [-0.2, 0) is 19.1 Å². The Bertz CT molecular complexity index is 488. The van der Waals surface area contributed by atoms with Crippen molar-refractivity contribution in [2.45, 2.75) is 132 Å². The van der Waals surface area contributed by atoms with Gasteiger partial charge in [-0.2, -0.15) is 0 Å².